The van der Waals surface area contributed by atoms with Gasteiger partial charge in [0.25, 0.3) is 0 Å². The van der Waals surface area contributed by atoms with Crippen molar-refractivity contribution >= 4 is 49.8 Å². The monoisotopic (exact) mass is 680 g/mol. The standard InChI is InChI=1S/C47H32N6/c1-3-12-34(13-4-1)46-49-50-47(35-22-21-33-14-11-31-48-43(33)32-35)53(46)40-29-25-38(26-30-40)51(36-15-5-2-6-16-36)37-23-27-39(28-24-37)52-44-19-9-7-17-41(44)42-18-8-10-20-45(42)52/h1-32H. The molecule has 250 valence electrons. The van der Waals surface area contributed by atoms with Gasteiger partial charge in [-0.3, -0.25) is 9.55 Å². The molecule has 0 saturated heterocycles. The SMILES string of the molecule is c1ccc(-c2nnc(-c3ccc4cccnc4c3)n2-c2ccc(N(c3ccccc3)c3ccc(-n4c5ccccc5c5ccccc54)cc3)cc2)cc1. The minimum absolute atomic E-state index is 0.754. The van der Waals surface area contributed by atoms with Gasteiger partial charge in [0, 0.05) is 61.9 Å². The Morgan fingerprint density at radius 3 is 1.57 bits per heavy atom. The Labute approximate surface area is 306 Å². The van der Waals surface area contributed by atoms with Gasteiger partial charge in [-0.2, -0.15) is 0 Å². The average molecular weight is 681 g/mol. The number of pyridine rings is 1. The van der Waals surface area contributed by atoms with Gasteiger partial charge in [-0.25, -0.2) is 0 Å². The number of rotatable bonds is 7. The van der Waals surface area contributed by atoms with Crippen molar-refractivity contribution in [3.05, 3.63) is 194 Å². The Balaban J connectivity index is 1.07. The van der Waals surface area contributed by atoms with Crippen LogP contribution in [0.5, 0.6) is 0 Å². The lowest BCUT2D eigenvalue weighted by Gasteiger charge is -2.26. The van der Waals surface area contributed by atoms with E-state index in [1.807, 2.05) is 30.5 Å². The summed E-state index contributed by atoms with van der Waals surface area (Å²) in [7, 11) is 0. The minimum Gasteiger partial charge on any atom is -0.311 e. The number of hydrogen-bond donors (Lipinski definition) is 0. The zero-order chi connectivity index (χ0) is 35.1. The van der Waals surface area contributed by atoms with Gasteiger partial charge in [0.1, 0.15) is 0 Å². The Morgan fingerprint density at radius 1 is 0.396 bits per heavy atom. The zero-order valence-electron chi connectivity index (χ0n) is 28.7. The van der Waals surface area contributed by atoms with Gasteiger partial charge < -0.3 is 9.47 Å². The molecule has 6 heteroatoms. The van der Waals surface area contributed by atoms with Crippen molar-refractivity contribution in [3.8, 4) is 34.2 Å². The molecule has 0 saturated carbocycles. The Bertz CT molecular complexity index is 2820. The van der Waals surface area contributed by atoms with Crippen molar-refractivity contribution < 1.29 is 0 Å². The largest absolute Gasteiger partial charge is 0.311 e. The molecule has 10 aromatic rings. The fourth-order valence-electron chi connectivity index (χ4n) is 7.42. The molecule has 53 heavy (non-hydrogen) atoms. The zero-order valence-corrected chi connectivity index (χ0v) is 28.7. The molecular formula is C47H32N6. The first kappa shape index (κ1) is 30.5. The van der Waals surface area contributed by atoms with Gasteiger partial charge in [0.2, 0.25) is 0 Å². The van der Waals surface area contributed by atoms with Crippen molar-refractivity contribution in [3.63, 3.8) is 0 Å². The molecule has 0 unspecified atom stereocenters. The highest BCUT2D eigenvalue weighted by Crippen LogP contribution is 2.38. The lowest BCUT2D eigenvalue weighted by Crippen LogP contribution is -2.10. The van der Waals surface area contributed by atoms with E-state index < -0.39 is 0 Å². The number of hydrogen-bond acceptors (Lipinski definition) is 4. The van der Waals surface area contributed by atoms with Crippen molar-refractivity contribution in [1.29, 1.82) is 0 Å². The molecule has 0 aliphatic carbocycles. The fraction of sp³-hybridized carbons (Fsp3) is 0. The van der Waals surface area contributed by atoms with Gasteiger partial charge in [-0.1, -0.05) is 103 Å². The Hall–Kier alpha value is -7.31. The van der Waals surface area contributed by atoms with Gasteiger partial charge in [-0.15, -0.1) is 10.2 Å². The maximum absolute atomic E-state index is 4.74. The summed E-state index contributed by atoms with van der Waals surface area (Å²) in [5, 5.41) is 13.0. The highest BCUT2D eigenvalue weighted by molar-refractivity contribution is 6.09. The van der Waals surface area contributed by atoms with Crippen molar-refractivity contribution in [2.45, 2.75) is 0 Å². The molecule has 0 aliphatic rings. The molecule has 0 aliphatic heterocycles. The first-order valence-corrected chi connectivity index (χ1v) is 17.7. The lowest BCUT2D eigenvalue weighted by molar-refractivity contribution is 1.07. The highest BCUT2D eigenvalue weighted by atomic mass is 15.3. The summed E-state index contributed by atoms with van der Waals surface area (Å²) in [6.07, 6.45) is 1.82. The third-order valence-electron chi connectivity index (χ3n) is 9.89. The Morgan fingerprint density at radius 2 is 0.925 bits per heavy atom. The second kappa shape index (κ2) is 12.8. The van der Waals surface area contributed by atoms with Crippen LogP contribution in [0.2, 0.25) is 0 Å². The summed E-state index contributed by atoms with van der Waals surface area (Å²) in [4.78, 5) is 6.90. The van der Waals surface area contributed by atoms with E-state index >= 15 is 0 Å². The van der Waals surface area contributed by atoms with Crippen LogP contribution in [0, 0.1) is 0 Å². The molecule has 0 fully saturated rings. The van der Waals surface area contributed by atoms with E-state index in [1.54, 1.807) is 0 Å². The van der Waals surface area contributed by atoms with Crippen molar-refractivity contribution in [1.82, 2.24) is 24.3 Å². The molecule has 6 nitrogen and oxygen atoms in total. The summed E-state index contributed by atoms with van der Waals surface area (Å²) in [5.74, 6) is 1.53. The molecule has 3 heterocycles. The van der Waals surface area contributed by atoms with Crippen LogP contribution in [0.1, 0.15) is 0 Å². The number of fused-ring (bicyclic) bond motifs is 4. The smallest absolute Gasteiger partial charge is 0.168 e. The molecule has 10 rings (SSSR count). The first-order valence-electron chi connectivity index (χ1n) is 17.7. The molecule has 0 spiro atoms. The third-order valence-corrected chi connectivity index (χ3v) is 9.89. The number of nitrogens with zero attached hydrogens (tertiary/aromatic N) is 6. The van der Waals surface area contributed by atoms with E-state index in [0.717, 1.165) is 62.1 Å². The second-order valence-corrected chi connectivity index (χ2v) is 13.0. The van der Waals surface area contributed by atoms with E-state index in [1.165, 1.54) is 21.8 Å². The van der Waals surface area contributed by atoms with E-state index in [-0.39, 0.29) is 0 Å². The summed E-state index contributed by atoms with van der Waals surface area (Å²) in [6.45, 7) is 0. The van der Waals surface area contributed by atoms with E-state index in [9.17, 15) is 0 Å². The van der Waals surface area contributed by atoms with Crippen molar-refractivity contribution in [2.75, 3.05) is 4.90 Å². The van der Waals surface area contributed by atoms with Crippen LogP contribution in [-0.4, -0.2) is 24.3 Å². The van der Waals surface area contributed by atoms with Crippen LogP contribution >= 0.6 is 0 Å². The summed E-state index contributed by atoms with van der Waals surface area (Å²) in [5.41, 5.74) is 10.5. The fourth-order valence-corrected chi connectivity index (χ4v) is 7.42. The summed E-state index contributed by atoms with van der Waals surface area (Å²) in [6, 6.07) is 65.7. The van der Waals surface area contributed by atoms with Crippen LogP contribution in [0.25, 0.3) is 66.9 Å². The minimum atomic E-state index is 0.754. The highest BCUT2D eigenvalue weighted by Gasteiger charge is 2.20. The molecule has 0 bridgehead atoms. The van der Waals surface area contributed by atoms with Gasteiger partial charge in [0.05, 0.1) is 16.6 Å². The van der Waals surface area contributed by atoms with Crippen LogP contribution in [-0.2, 0) is 0 Å². The number of anilines is 3. The third kappa shape index (κ3) is 5.32. The topological polar surface area (TPSA) is 51.8 Å². The maximum atomic E-state index is 4.74. The number of para-hydroxylation sites is 3. The van der Waals surface area contributed by atoms with Crippen LogP contribution in [0.15, 0.2) is 194 Å². The summed E-state index contributed by atoms with van der Waals surface area (Å²) >= 11 is 0. The summed E-state index contributed by atoms with van der Waals surface area (Å²) < 4.78 is 4.49. The van der Waals surface area contributed by atoms with E-state index in [0.29, 0.717) is 0 Å². The average Bonchev–Trinajstić information content (AvgIpc) is 3.83. The molecule has 0 N–H and O–H groups in total. The van der Waals surface area contributed by atoms with Gasteiger partial charge in [-0.05, 0) is 84.9 Å². The van der Waals surface area contributed by atoms with Gasteiger partial charge in [0.15, 0.2) is 11.6 Å². The first-order chi connectivity index (χ1) is 26.3. The molecule has 7 aromatic carbocycles. The second-order valence-electron chi connectivity index (χ2n) is 13.0. The predicted octanol–water partition coefficient (Wildman–Crippen LogP) is 11.7. The Kier molecular flexibility index (Phi) is 7.36. The number of benzene rings is 7. The maximum Gasteiger partial charge on any atom is 0.168 e. The molecule has 3 aromatic heterocycles. The molecular weight excluding hydrogens is 649 g/mol. The molecule has 0 radical (unpaired) electrons. The normalized spacial score (nSPS) is 11.4. The molecule has 0 amide bonds. The van der Waals surface area contributed by atoms with E-state index in [2.05, 4.69) is 183 Å². The van der Waals surface area contributed by atoms with Crippen LogP contribution in [0.4, 0.5) is 17.1 Å². The van der Waals surface area contributed by atoms with Crippen molar-refractivity contribution in [2.24, 2.45) is 0 Å². The van der Waals surface area contributed by atoms with E-state index in [4.69, 9.17) is 10.2 Å². The quantitative estimate of drug-likeness (QED) is 0.168. The predicted molar refractivity (Wildman–Crippen MR) is 217 cm³/mol. The lowest BCUT2D eigenvalue weighted by atomic mass is 10.1. The van der Waals surface area contributed by atoms with Crippen LogP contribution < -0.4 is 4.90 Å². The molecule has 0 atom stereocenters. The number of aromatic nitrogens is 5. The van der Waals surface area contributed by atoms with Crippen LogP contribution in [0.3, 0.4) is 0 Å². The van der Waals surface area contributed by atoms with Gasteiger partial charge >= 0.3 is 0 Å².